The molecule has 0 bridgehead atoms. The van der Waals surface area contributed by atoms with Crippen molar-refractivity contribution in [3.63, 3.8) is 0 Å². The topological polar surface area (TPSA) is 135 Å². The summed E-state index contributed by atoms with van der Waals surface area (Å²) >= 11 is 1.15. The highest BCUT2D eigenvalue weighted by atomic mass is 32.2. The summed E-state index contributed by atoms with van der Waals surface area (Å²) in [4.78, 5) is 28.4. The lowest BCUT2D eigenvalue weighted by Crippen LogP contribution is -2.37. The van der Waals surface area contributed by atoms with Crippen LogP contribution in [0.1, 0.15) is 18.7 Å². The van der Waals surface area contributed by atoms with Gasteiger partial charge in [-0.3, -0.25) is 9.09 Å². The van der Waals surface area contributed by atoms with E-state index >= 15 is 0 Å². The van der Waals surface area contributed by atoms with Crippen LogP contribution < -0.4 is 25.8 Å². The van der Waals surface area contributed by atoms with Gasteiger partial charge in [-0.25, -0.2) is 18.5 Å². The van der Waals surface area contributed by atoms with Crippen molar-refractivity contribution >= 4 is 31.3 Å². The molecule has 0 spiro atoms. The van der Waals surface area contributed by atoms with Crippen molar-refractivity contribution < 1.29 is 27.5 Å². The number of nitrogens with two attached hydrogens (primary N) is 1. The maximum absolute atomic E-state index is 14.8. The summed E-state index contributed by atoms with van der Waals surface area (Å²) in [6.45, 7) is 1.30. The van der Waals surface area contributed by atoms with Crippen LogP contribution in [0.4, 0.5) is 10.2 Å². The first-order valence-corrected chi connectivity index (χ1v) is 13.9. The van der Waals surface area contributed by atoms with Gasteiger partial charge >= 0.3 is 19.4 Å². The van der Waals surface area contributed by atoms with Gasteiger partial charge in [-0.05, 0) is 43.7 Å². The molecule has 1 aromatic heterocycles. The third-order valence-corrected chi connectivity index (χ3v) is 8.48. The average Bonchev–Trinajstić information content (AvgIpc) is 3.24. The molecule has 1 aliphatic heterocycles. The van der Waals surface area contributed by atoms with E-state index in [1.165, 1.54) is 23.8 Å². The van der Waals surface area contributed by atoms with Crippen molar-refractivity contribution in [1.82, 2.24) is 14.6 Å². The monoisotopic (exact) mass is 548 g/mol. The minimum Gasteiger partial charge on any atom is -0.425 e. The largest absolute Gasteiger partial charge is 0.459 e. The molecule has 196 valence electrons. The number of carbonyl (C=O) groups is 1. The molecule has 3 aromatic rings. The normalized spacial score (nSPS) is 21.6. The third-order valence-electron chi connectivity index (χ3n) is 5.32. The molecule has 0 aliphatic carbocycles. The Morgan fingerprint density at radius 3 is 2.49 bits per heavy atom. The van der Waals surface area contributed by atoms with Gasteiger partial charge in [0, 0.05) is 11.4 Å². The van der Waals surface area contributed by atoms with Crippen LogP contribution >= 0.6 is 19.5 Å². The molecule has 1 unspecified atom stereocenters. The summed E-state index contributed by atoms with van der Waals surface area (Å²) in [6.07, 6.45) is 0.0653. The van der Waals surface area contributed by atoms with Crippen LogP contribution in [0.25, 0.3) is 0 Å². The fourth-order valence-electron chi connectivity index (χ4n) is 3.55. The quantitative estimate of drug-likeness (QED) is 0.218. The van der Waals surface area contributed by atoms with Crippen molar-refractivity contribution in [2.75, 3.05) is 12.3 Å². The van der Waals surface area contributed by atoms with Gasteiger partial charge in [0.25, 0.3) is 0 Å². The molecule has 4 rings (SSSR count). The third kappa shape index (κ3) is 7.20. The van der Waals surface area contributed by atoms with Gasteiger partial charge in [-0.1, -0.05) is 36.4 Å². The van der Waals surface area contributed by atoms with Crippen LogP contribution in [0.5, 0.6) is 11.5 Å². The van der Waals surface area contributed by atoms with Crippen LogP contribution in [-0.4, -0.2) is 39.6 Å². The SMILES string of the molecule is C[C@H](NP(=O)(OC[C@@H]1C[C@H](F)[C@H](n2ccc(N)nc2=O)S1)Oc1ccccc1)C(=O)Oc1ccccc1. The second-order valence-electron chi connectivity index (χ2n) is 8.23. The van der Waals surface area contributed by atoms with Crippen molar-refractivity contribution in [3.05, 3.63) is 83.4 Å². The molecule has 37 heavy (non-hydrogen) atoms. The minimum absolute atomic E-state index is 0.0447. The maximum atomic E-state index is 14.8. The van der Waals surface area contributed by atoms with E-state index in [4.69, 9.17) is 19.5 Å². The number of anilines is 1. The molecule has 1 aliphatic rings. The van der Waals surface area contributed by atoms with E-state index in [1.807, 2.05) is 0 Å². The van der Waals surface area contributed by atoms with Crippen molar-refractivity contribution in [3.8, 4) is 11.5 Å². The molecule has 3 N–H and O–H groups in total. The minimum atomic E-state index is -4.12. The van der Waals surface area contributed by atoms with Crippen LogP contribution in [0, 0.1) is 0 Å². The summed E-state index contributed by atoms with van der Waals surface area (Å²) in [5.74, 6) is -0.0667. The first kappa shape index (κ1) is 26.9. The molecule has 2 aromatic carbocycles. The number of nitrogens with one attached hydrogen (secondary N) is 1. The number of ether oxygens (including phenoxy) is 1. The number of para-hydroxylation sites is 2. The number of carbonyl (C=O) groups excluding carboxylic acids is 1. The Bertz CT molecular complexity index is 1320. The molecule has 13 heteroatoms. The van der Waals surface area contributed by atoms with Gasteiger partial charge in [0.2, 0.25) is 0 Å². The van der Waals surface area contributed by atoms with E-state index in [1.54, 1.807) is 60.7 Å². The molecule has 10 nitrogen and oxygen atoms in total. The second-order valence-corrected chi connectivity index (χ2v) is 11.3. The number of thioether (sulfide) groups is 1. The number of hydrogen-bond acceptors (Lipinski definition) is 9. The zero-order chi connectivity index (χ0) is 26.4. The number of benzene rings is 2. The zero-order valence-corrected chi connectivity index (χ0v) is 21.5. The Balaban J connectivity index is 1.44. The van der Waals surface area contributed by atoms with E-state index in [0.29, 0.717) is 5.75 Å². The summed E-state index contributed by atoms with van der Waals surface area (Å²) in [5.41, 5.74) is 4.86. The van der Waals surface area contributed by atoms with Gasteiger partial charge in [0.05, 0.1) is 6.61 Å². The summed E-state index contributed by atoms with van der Waals surface area (Å²) < 4.78 is 46.3. The van der Waals surface area contributed by atoms with Gasteiger partial charge in [-0.2, -0.15) is 10.1 Å². The maximum Gasteiger partial charge on any atom is 0.459 e. The van der Waals surface area contributed by atoms with Gasteiger partial charge < -0.3 is 15.0 Å². The van der Waals surface area contributed by atoms with Crippen LogP contribution in [0.2, 0.25) is 0 Å². The predicted molar refractivity (Wildman–Crippen MR) is 138 cm³/mol. The first-order valence-electron chi connectivity index (χ1n) is 11.4. The van der Waals surface area contributed by atoms with Crippen molar-refractivity contribution in [2.24, 2.45) is 0 Å². The van der Waals surface area contributed by atoms with Crippen LogP contribution in [0.15, 0.2) is 77.7 Å². The number of nitrogens with zero attached hydrogens (tertiary/aromatic N) is 2. The number of alkyl halides is 1. The average molecular weight is 549 g/mol. The number of rotatable bonds is 10. The molecule has 0 amide bonds. The summed E-state index contributed by atoms with van der Waals surface area (Å²) in [5, 5.41) is 1.32. The Kier molecular flexibility index (Phi) is 8.65. The predicted octanol–water partition coefficient (Wildman–Crippen LogP) is 3.96. The Morgan fingerprint density at radius 2 is 1.84 bits per heavy atom. The van der Waals surface area contributed by atoms with Crippen molar-refractivity contribution in [2.45, 2.75) is 36.2 Å². The highest BCUT2D eigenvalue weighted by Crippen LogP contribution is 2.48. The number of nitrogen functional groups attached to an aromatic ring is 1. The number of aromatic nitrogens is 2. The van der Waals surface area contributed by atoms with E-state index < -0.39 is 42.2 Å². The highest BCUT2D eigenvalue weighted by Gasteiger charge is 2.40. The molecule has 1 fully saturated rings. The Labute approximate surface area is 216 Å². The van der Waals surface area contributed by atoms with Gasteiger partial charge in [-0.15, -0.1) is 11.8 Å². The molecule has 0 radical (unpaired) electrons. The fraction of sp³-hybridized carbons (Fsp3) is 0.292. The van der Waals surface area contributed by atoms with Crippen LogP contribution in [-0.2, 0) is 13.9 Å². The first-order chi connectivity index (χ1) is 17.7. The van der Waals surface area contributed by atoms with E-state index in [-0.39, 0.29) is 24.6 Å². The lowest BCUT2D eigenvalue weighted by Gasteiger charge is -2.24. The molecular formula is C24H26FN4O6PS. The van der Waals surface area contributed by atoms with E-state index in [2.05, 4.69) is 10.1 Å². The molecule has 1 saturated heterocycles. The number of halogens is 1. The lowest BCUT2D eigenvalue weighted by molar-refractivity contribution is -0.135. The number of hydrogen-bond donors (Lipinski definition) is 2. The molecule has 0 saturated carbocycles. The lowest BCUT2D eigenvalue weighted by atomic mass is 10.2. The summed E-state index contributed by atoms with van der Waals surface area (Å²) in [6, 6.07) is 17.1. The molecular weight excluding hydrogens is 522 g/mol. The Hall–Kier alpha value is -3.18. The standard InChI is InChI=1S/C24H26FN4O6PS/c1-16(23(30)34-17-8-4-2-5-9-17)28-36(32,35-18-10-6-3-7-11-18)33-15-19-14-20(25)22(37-19)29-13-12-21(26)27-24(29)31/h2-13,16,19-20,22H,14-15H2,1H3,(H,28,32)(H2,26,27,31)/t16-,19-,20-,22+,36?/m0/s1. The van der Waals surface area contributed by atoms with Crippen LogP contribution in [0.3, 0.4) is 0 Å². The van der Waals surface area contributed by atoms with Gasteiger partial charge in [0.15, 0.2) is 0 Å². The second kappa shape index (κ2) is 11.9. The van der Waals surface area contributed by atoms with E-state index in [9.17, 15) is 18.5 Å². The fourth-order valence-corrected chi connectivity index (χ4v) is 6.59. The Morgan fingerprint density at radius 1 is 1.19 bits per heavy atom. The number of esters is 1. The van der Waals surface area contributed by atoms with Gasteiger partial charge in [0.1, 0.15) is 34.9 Å². The van der Waals surface area contributed by atoms with E-state index in [0.717, 1.165) is 11.8 Å². The zero-order valence-electron chi connectivity index (χ0n) is 19.8. The van der Waals surface area contributed by atoms with Crippen molar-refractivity contribution in [1.29, 1.82) is 0 Å². The molecule has 5 atom stereocenters. The molecule has 2 heterocycles. The summed E-state index contributed by atoms with van der Waals surface area (Å²) in [7, 11) is -4.12. The highest BCUT2D eigenvalue weighted by molar-refractivity contribution is 8.00. The smallest absolute Gasteiger partial charge is 0.425 e.